The van der Waals surface area contributed by atoms with E-state index in [-0.39, 0.29) is 5.94 Å². The highest BCUT2D eigenvalue weighted by atomic mass is 32.3. The molecule has 11 heavy (non-hydrogen) atoms. The fraction of sp³-hybridized carbons (Fsp3) is 1.00. The Morgan fingerprint density at radius 3 is 1.73 bits per heavy atom. The molecular formula is C3H7FO5S2. The lowest BCUT2D eigenvalue weighted by Crippen LogP contribution is -1.90. The fourth-order valence-corrected chi connectivity index (χ4v) is 0.354. The van der Waals surface area contributed by atoms with Gasteiger partial charge in [-0.15, -0.1) is 3.89 Å². The van der Waals surface area contributed by atoms with Crippen LogP contribution >= 0.6 is 0 Å². The summed E-state index contributed by atoms with van der Waals surface area (Å²) in [5.41, 5.74) is 0. The minimum atomic E-state index is -4.16. The zero-order valence-corrected chi connectivity index (χ0v) is 7.28. The second-order valence-electron chi connectivity index (χ2n) is 1.62. The van der Waals surface area contributed by atoms with E-state index in [4.69, 9.17) is 0 Å². The highest BCUT2D eigenvalue weighted by Crippen LogP contribution is 2.07. The molecule has 1 heterocycles. The molecule has 1 aliphatic rings. The van der Waals surface area contributed by atoms with Crippen molar-refractivity contribution in [2.75, 3.05) is 11.7 Å². The molecule has 8 heteroatoms. The number of hydrogen-bond acceptors (Lipinski definition) is 5. The SMILES string of the molecule is CCS(=O)(=O)F.O=S1(=O)CO1. The highest BCUT2D eigenvalue weighted by molar-refractivity contribution is 7.91. The molecule has 1 aliphatic heterocycles. The van der Waals surface area contributed by atoms with Crippen molar-refractivity contribution in [3.63, 3.8) is 0 Å². The van der Waals surface area contributed by atoms with Gasteiger partial charge in [-0.2, -0.15) is 16.8 Å². The smallest absolute Gasteiger partial charge is 0.249 e. The van der Waals surface area contributed by atoms with Gasteiger partial charge in [0.15, 0.2) is 5.94 Å². The van der Waals surface area contributed by atoms with Crippen molar-refractivity contribution >= 4 is 20.3 Å². The molecule has 0 atom stereocenters. The Morgan fingerprint density at radius 1 is 1.55 bits per heavy atom. The van der Waals surface area contributed by atoms with Crippen LogP contribution in [0.5, 0.6) is 0 Å². The van der Waals surface area contributed by atoms with Crippen molar-refractivity contribution in [3.05, 3.63) is 0 Å². The molecule has 68 valence electrons. The molecule has 0 spiro atoms. The minimum absolute atomic E-state index is 0.0764. The molecule has 0 radical (unpaired) electrons. The Morgan fingerprint density at radius 2 is 1.73 bits per heavy atom. The van der Waals surface area contributed by atoms with Crippen LogP contribution in [0.25, 0.3) is 0 Å². The van der Waals surface area contributed by atoms with Gasteiger partial charge >= 0.3 is 10.2 Å². The number of hydrogen-bond donors (Lipinski definition) is 0. The van der Waals surface area contributed by atoms with Crippen molar-refractivity contribution in [2.24, 2.45) is 0 Å². The molecule has 0 saturated carbocycles. The summed E-state index contributed by atoms with van der Waals surface area (Å²) in [6.07, 6.45) is 0. The first-order valence-corrected chi connectivity index (χ1v) is 5.69. The Labute approximate surface area is 64.5 Å². The molecule has 5 nitrogen and oxygen atoms in total. The van der Waals surface area contributed by atoms with E-state index in [1.54, 1.807) is 0 Å². The molecule has 0 aromatic rings. The van der Waals surface area contributed by atoms with Crippen LogP contribution in [0.4, 0.5) is 3.89 Å². The normalized spacial score (nSPS) is 19.8. The first-order chi connectivity index (χ1) is 4.77. The van der Waals surface area contributed by atoms with Gasteiger partial charge < -0.3 is 0 Å². The summed E-state index contributed by atoms with van der Waals surface area (Å²) in [5.74, 6) is -0.500. The van der Waals surface area contributed by atoms with Gasteiger partial charge in [0, 0.05) is 0 Å². The van der Waals surface area contributed by atoms with Crippen LogP contribution in [0.1, 0.15) is 6.92 Å². The lowest BCUT2D eigenvalue weighted by atomic mass is 11.0. The van der Waals surface area contributed by atoms with E-state index in [2.05, 4.69) is 4.18 Å². The third-order valence-electron chi connectivity index (χ3n) is 0.655. The van der Waals surface area contributed by atoms with Crippen molar-refractivity contribution in [2.45, 2.75) is 6.92 Å². The van der Waals surface area contributed by atoms with Crippen LogP contribution in [0, 0.1) is 0 Å². The van der Waals surface area contributed by atoms with Gasteiger partial charge in [0.2, 0.25) is 0 Å². The van der Waals surface area contributed by atoms with E-state index < -0.39 is 26.1 Å². The maximum atomic E-state index is 11.1. The monoisotopic (exact) mass is 206 g/mol. The lowest BCUT2D eigenvalue weighted by molar-refractivity contribution is 0.519. The lowest BCUT2D eigenvalue weighted by Gasteiger charge is -1.75. The second-order valence-corrected chi connectivity index (χ2v) is 4.86. The molecule has 0 amide bonds. The number of halogens is 1. The summed E-state index contributed by atoms with van der Waals surface area (Å²) in [7, 11) is -7.08. The van der Waals surface area contributed by atoms with Crippen molar-refractivity contribution in [1.29, 1.82) is 0 Å². The molecule has 1 fully saturated rings. The molecule has 0 aromatic heterocycles. The molecule has 0 aromatic carbocycles. The topological polar surface area (TPSA) is 80.8 Å². The fourth-order valence-electron chi connectivity index (χ4n) is 0.0393. The Bertz CT molecular complexity index is 291. The summed E-state index contributed by atoms with van der Waals surface area (Å²) in [6.45, 7) is 1.25. The highest BCUT2D eigenvalue weighted by Gasteiger charge is 2.27. The summed E-state index contributed by atoms with van der Waals surface area (Å²) in [4.78, 5) is 0. The largest absolute Gasteiger partial charge is 0.302 e. The maximum absolute atomic E-state index is 11.1. The zero-order chi connectivity index (χ0) is 9.12. The quantitative estimate of drug-likeness (QED) is 0.431. The Hall–Kier alpha value is -0.210. The average Bonchev–Trinajstić information content (AvgIpc) is 2.46. The predicted molar refractivity (Wildman–Crippen MR) is 35.4 cm³/mol. The van der Waals surface area contributed by atoms with Gasteiger partial charge in [0.1, 0.15) is 0 Å². The van der Waals surface area contributed by atoms with Crippen molar-refractivity contribution < 1.29 is 24.9 Å². The summed E-state index contributed by atoms with van der Waals surface area (Å²) in [5, 5.41) is 0. The molecule has 0 aliphatic carbocycles. The van der Waals surface area contributed by atoms with Crippen LogP contribution in [0.15, 0.2) is 0 Å². The summed E-state index contributed by atoms with van der Waals surface area (Å²) < 4.78 is 52.7. The minimum Gasteiger partial charge on any atom is -0.249 e. The molecule has 1 rings (SSSR count). The van der Waals surface area contributed by atoms with Gasteiger partial charge in [-0.3, -0.25) is 0 Å². The van der Waals surface area contributed by atoms with Crippen LogP contribution in [0.3, 0.4) is 0 Å². The predicted octanol–water partition coefficient (Wildman–Crippen LogP) is -0.390. The van der Waals surface area contributed by atoms with Crippen molar-refractivity contribution in [3.8, 4) is 0 Å². The molecule has 0 bridgehead atoms. The van der Waals surface area contributed by atoms with Crippen LogP contribution in [-0.2, 0) is 24.5 Å². The first kappa shape index (κ1) is 10.8. The maximum Gasteiger partial charge on any atom is 0.302 e. The van der Waals surface area contributed by atoms with Gasteiger partial charge in [-0.1, -0.05) is 0 Å². The van der Waals surface area contributed by atoms with E-state index >= 15 is 0 Å². The molecule has 0 unspecified atom stereocenters. The van der Waals surface area contributed by atoms with Gasteiger partial charge in [-0.05, 0) is 6.92 Å². The third kappa shape index (κ3) is 9.79. The van der Waals surface area contributed by atoms with E-state index in [0.717, 1.165) is 0 Å². The van der Waals surface area contributed by atoms with Crippen LogP contribution in [-0.4, -0.2) is 28.5 Å². The Balaban J connectivity index is 0.000000183. The van der Waals surface area contributed by atoms with E-state index in [0.29, 0.717) is 0 Å². The van der Waals surface area contributed by atoms with Crippen LogP contribution in [0.2, 0.25) is 0 Å². The first-order valence-electron chi connectivity index (χ1n) is 2.56. The summed E-state index contributed by atoms with van der Waals surface area (Å²) >= 11 is 0. The molecule has 1 saturated heterocycles. The van der Waals surface area contributed by atoms with Gasteiger partial charge in [-0.25, -0.2) is 4.18 Å². The van der Waals surface area contributed by atoms with E-state index in [1.807, 2.05) is 0 Å². The number of rotatable bonds is 1. The van der Waals surface area contributed by atoms with Gasteiger partial charge in [0.05, 0.1) is 5.75 Å². The second kappa shape index (κ2) is 3.46. The average molecular weight is 206 g/mol. The van der Waals surface area contributed by atoms with Crippen LogP contribution < -0.4 is 0 Å². The standard InChI is InChI=1S/C2H5FO2S.CH2O3S/c1-2-6(3,4)5;2-5(3)1-4-5/h2H2,1H3;1H2. The zero-order valence-electron chi connectivity index (χ0n) is 5.65. The van der Waals surface area contributed by atoms with E-state index in [1.165, 1.54) is 6.92 Å². The van der Waals surface area contributed by atoms with Gasteiger partial charge in [0.25, 0.3) is 10.1 Å². The third-order valence-corrected chi connectivity index (χ3v) is 1.97. The molecular weight excluding hydrogens is 199 g/mol. The Kier molecular flexibility index (Phi) is 3.39. The van der Waals surface area contributed by atoms with E-state index in [9.17, 15) is 20.7 Å². The summed E-state index contributed by atoms with van der Waals surface area (Å²) in [6, 6.07) is 0. The molecule has 0 N–H and O–H groups in total. The van der Waals surface area contributed by atoms with Crippen molar-refractivity contribution in [1.82, 2.24) is 0 Å².